The van der Waals surface area contributed by atoms with Gasteiger partial charge >= 0.3 is 13.9 Å². The Labute approximate surface area is 267 Å². The van der Waals surface area contributed by atoms with Crippen LogP contribution in [0.5, 0.6) is 0 Å². The monoisotopic (exact) mass is 725 g/mol. The highest BCUT2D eigenvalue weighted by Crippen LogP contribution is 2.55. The highest BCUT2D eigenvalue weighted by atomic mass is 32.7. The van der Waals surface area contributed by atoms with Crippen molar-refractivity contribution in [1.82, 2.24) is 29.1 Å². The van der Waals surface area contributed by atoms with Crippen molar-refractivity contribution in [2.75, 3.05) is 24.7 Å². The normalized spacial score (nSPS) is 30.3. The Morgan fingerprint density at radius 3 is 2.73 bits per heavy atom. The summed E-state index contributed by atoms with van der Waals surface area (Å²) in [6.45, 7) is -5.54. The van der Waals surface area contributed by atoms with E-state index in [4.69, 9.17) is 41.6 Å². The Hall–Kier alpha value is -2.29. The van der Waals surface area contributed by atoms with E-state index in [0.29, 0.717) is 16.7 Å². The number of hydrogen-bond donors (Lipinski definition) is 6. The molecule has 0 saturated carbocycles. The second-order valence-corrected chi connectivity index (χ2v) is 15.8. The predicted octanol–water partition coefficient (Wildman–Crippen LogP) is 2.10. The first-order chi connectivity index (χ1) is 21.4. The lowest BCUT2D eigenvalue weighted by Crippen LogP contribution is -2.34. The Balaban J connectivity index is 1.22. The van der Waals surface area contributed by atoms with Crippen LogP contribution in [0, 0.1) is 0 Å². The van der Waals surface area contributed by atoms with Gasteiger partial charge in [-0.1, -0.05) is 0 Å². The fraction of sp³-hybridized carbons (Fsp3) is 0.455. The van der Waals surface area contributed by atoms with Gasteiger partial charge in [-0.3, -0.25) is 18.9 Å². The lowest BCUT2D eigenvalue weighted by Gasteiger charge is -2.27. The largest absolute Gasteiger partial charge is 0.582 e. The predicted molar refractivity (Wildman–Crippen MR) is 167 cm³/mol. The van der Waals surface area contributed by atoms with E-state index in [0.717, 1.165) is 11.8 Å². The summed E-state index contributed by atoms with van der Waals surface area (Å²) in [5.41, 5.74) is 11.7. The van der Waals surface area contributed by atoms with Gasteiger partial charge in [-0.25, -0.2) is 18.7 Å². The molecule has 2 saturated heterocycles. The van der Waals surface area contributed by atoms with E-state index in [1.54, 1.807) is 12.1 Å². The van der Waals surface area contributed by atoms with Gasteiger partial charge in [-0.05, 0) is 28.5 Å². The van der Waals surface area contributed by atoms with Gasteiger partial charge in [0, 0.05) is 23.5 Å². The minimum Gasteiger partial charge on any atom is -0.398 e. The first-order valence-corrected chi connectivity index (χ1v) is 18.9. The molecule has 4 aromatic heterocycles. The number of aromatic amines is 1. The van der Waals surface area contributed by atoms with E-state index >= 15 is 8.78 Å². The molecule has 7 N–H and O–H groups in total. The van der Waals surface area contributed by atoms with Crippen LogP contribution in [-0.4, -0.2) is 88.2 Å². The number of alkyl halides is 2. The highest BCUT2D eigenvalue weighted by Gasteiger charge is 2.53. The Kier molecular flexibility index (Phi) is 9.23. The second-order valence-electron chi connectivity index (χ2n) is 9.98. The first-order valence-electron chi connectivity index (χ1n) is 13.0. The average Bonchev–Trinajstić information content (AvgIpc) is 3.73. The third-order valence-electron chi connectivity index (χ3n) is 7.23. The number of aliphatic hydroxyl groups excluding tert-OH is 1. The Morgan fingerprint density at radius 2 is 2.00 bits per heavy atom. The summed E-state index contributed by atoms with van der Waals surface area (Å²) in [5, 5.41) is 8.28. The molecule has 6 rings (SSSR count). The number of nitrogens with one attached hydrogen (secondary N) is 1. The van der Waals surface area contributed by atoms with Crippen LogP contribution in [0.3, 0.4) is 0 Å². The van der Waals surface area contributed by atoms with Crippen molar-refractivity contribution in [3.8, 4) is 0 Å². The van der Waals surface area contributed by atoms with Crippen LogP contribution < -0.4 is 17.0 Å². The molecule has 0 aromatic carbocycles. The van der Waals surface area contributed by atoms with E-state index < -0.39 is 80.2 Å². The molecule has 0 spiro atoms. The van der Waals surface area contributed by atoms with E-state index in [2.05, 4.69) is 32.2 Å². The molecule has 0 amide bonds. The number of nitrogens with two attached hydrogens (primary N) is 2. The average molecular weight is 726 g/mol. The first kappa shape index (κ1) is 32.6. The number of rotatable bonds is 10. The number of fused-ring (bicyclic) bond motifs is 2. The van der Waals surface area contributed by atoms with Gasteiger partial charge in [0.2, 0.25) is 5.95 Å². The van der Waals surface area contributed by atoms with Gasteiger partial charge in [-0.15, -0.1) is 16.3 Å². The number of H-pyrrole nitrogens is 1. The zero-order chi connectivity index (χ0) is 32.2. The fourth-order valence-electron chi connectivity index (χ4n) is 5.23. The van der Waals surface area contributed by atoms with Crippen molar-refractivity contribution in [3.05, 3.63) is 41.2 Å². The number of nitrogens with zero attached hydrogens (tertiary/aromatic N) is 5. The van der Waals surface area contributed by atoms with E-state index in [1.807, 2.05) is 0 Å². The fourth-order valence-corrected chi connectivity index (χ4v) is 8.91. The quantitative estimate of drug-likeness (QED) is 0.102. The minimum absolute atomic E-state index is 0.00863. The van der Waals surface area contributed by atoms with Crippen LogP contribution in [0.25, 0.3) is 22.2 Å². The van der Waals surface area contributed by atoms with Crippen LogP contribution in [0.2, 0.25) is 0 Å². The number of anilines is 2. The molecule has 45 heavy (non-hydrogen) atoms. The molecule has 0 bridgehead atoms. The van der Waals surface area contributed by atoms with Gasteiger partial charge in [0.05, 0.1) is 24.8 Å². The van der Waals surface area contributed by atoms with Crippen molar-refractivity contribution < 1.29 is 41.7 Å². The maximum absolute atomic E-state index is 15.7. The molecule has 0 radical (unpaired) electrons. The van der Waals surface area contributed by atoms with Gasteiger partial charge in [0.15, 0.2) is 29.7 Å². The second kappa shape index (κ2) is 12.7. The standard InChI is InChI=1S/C22H24F2N8O8P2S3/c23-12-11(5-33)45-21(32-7-28-14-18(32)29-22(26)30-19(14)34)16(12)40-42(36,44)37-6-10-15(39-41(35)43)13(24)20(38-10)31-4-2-8-9(25)1-3-27-17(8)31/h1-4,7,10-13,15-16,20-21,33H,5-6H2,(H6-,25,26,27,29,30,34,35,36,43,44)/p+1/t10-,11-,12-,13+,15-,16-,20-,21-,42?/m1/s1. The summed E-state index contributed by atoms with van der Waals surface area (Å²) in [6, 6.07) is 3.21. The molecule has 2 unspecified atom stereocenters. The molecule has 10 atom stereocenters. The number of thiol groups is 1. The number of pyridine rings is 1. The Bertz CT molecular complexity index is 1870. The van der Waals surface area contributed by atoms with Gasteiger partial charge < -0.3 is 35.3 Å². The summed E-state index contributed by atoms with van der Waals surface area (Å²) in [4.78, 5) is 37.9. The molecular weight excluding hydrogens is 700 g/mol. The van der Waals surface area contributed by atoms with E-state index in [1.165, 1.54) is 27.9 Å². The minimum atomic E-state index is -4.33. The van der Waals surface area contributed by atoms with Crippen LogP contribution in [0.4, 0.5) is 20.4 Å². The topological polar surface area (TPSA) is 228 Å². The zero-order valence-corrected chi connectivity index (χ0v) is 26.9. The summed E-state index contributed by atoms with van der Waals surface area (Å²) in [7, 11) is -2.60. The van der Waals surface area contributed by atoms with Crippen LogP contribution in [-0.2, 0) is 34.7 Å². The van der Waals surface area contributed by atoms with Crippen molar-refractivity contribution in [2.24, 2.45) is 0 Å². The SMILES string of the molecule is Nc1nc2c(ncn2[C@@H]2S[C@H](CO)[C@@H](F)[C@H]2OP(O)(=S)OC[C@H]2O[C@@H](n3ccc4c(N)ccnc43)[C@@H](F)[C@@H]2O[P+](=O)S)c(=O)[nH]1. The number of halogens is 2. The Morgan fingerprint density at radius 1 is 1.22 bits per heavy atom. The van der Waals surface area contributed by atoms with Crippen molar-refractivity contribution in [2.45, 2.75) is 47.5 Å². The molecule has 4 aromatic rings. The summed E-state index contributed by atoms with van der Waals surface area (Å²) in [5.74, 6) is -0.214. The summed E-state index contributed by atoms with van der Waals surface area (Å²) < 4.78 is 68.0. The summed E-state index contributed by atoms with van der Waals surface area (Å²) >= 11 is 9.85. The molecule has 242 valence electrons. The zero-order valence-electron chi connectivity index (χ0n) is 22.6. The van der Waals surface area contributed by atoms with Crippen LogP contribution in [0.15, 0.2) is 35.6 Å². The van der Waals surface area contributed by atoms with E-state index in [9.17, 15) is 19.4 Å². The third kappa shape index (κ3) is 6.23. The number of hydrogen-bond acceptors (Lipinski definition) is 14. The lowest BCUT2D eigenvalue weighted by atomic mass is 10.1. The summed E-state index contributed by atoms with van der Waals surface area (Å²) in [6.07, 6.45) is -5.22. The number of aliphatic hydroxyl groups is 1. The lowest BCUT2D eigenvalue weighted by molar-refractivity contribution is -0.0428. The van der Waals surface area contributed by atoms with Crippen molar-refractivity contribution in [3.63, 3.8) is 0 Å². The van der Waals surface area contributed by atoms with Gasteiger partial charge in [0.1, 0.15) is 41.6 Å². The number of aromatic nitrogens is 6. The van der Waals surface area contributed by atoms with E-state index in [-0.39, 0.29) is 17.1 Å². The molecule has 2 aliphatic heterocycles. The smallest absolute Gasteiger partial charge is 0.398 e. The molecule has 0 aliphatic carbocycles. The number of thioether (sulfide) groups is 1. The third-order valence-corrected chi connectivity index (χ3v) is 11.0. The maximum atomic E-state index is 15.7. The van der Waals surface area contributed by atoms with Crippen LogP contribution in [0.1, 0.15) is 11.6 Å². The molecular formula is C22H25F2N8O8P2S3+. The molecule has 23 heteroatoms. The molecule has 16 nitrogen and oxygen atoms in total. The highest BCUT2D eigenvalue weighted by molar-refractivity contribution is 8.39. The molecule has 2 aliphatic rings. The maximum Gasteiger partial charge on any atom is 0.582 e. The van der Waals surface area contributed by atoms with Gasteiger partial charge in [-0.2, -0.15) is 4.98 Å². The van der Waals surface area contributed by atoms with Crippen molar-refractivity contribution in [1.29, 1.82) is 0 Å². The number of imidazole rings is 1. The molecule has 6 heterocycles. The number of ether oxygens (including phenoxy) is 1. The van der Waals surface area contributed by atoms with Gasteiger partial charge in [0.25, 0.3) is 5.56 Å². The van der Waals surface area contributed by atoms with Crippen LogP contribution >= 0.6 is 38.0 Å². The van der Waals surface area contributed by atoms with Crippen molar-refractivity contribution >= 4 is 83.6 Å². The number of nitrogen functional groups attached to an aromatic ring is 2. The molecule has 2 fully saturated rings.